The lowest BCUT2D eigenvalue weighted by atomic mass is 10.2. The van der Waals surface area contributed by atoms with Gasteiger partial charge in [0.05, 0.1) is 16.9 Å². The lowest BCUT2D eigenvalue weighted by molar-refractivity contribution is 0.0698. The topological polar surface area (TPSA) is 87.1 Å². The fourth-order valence-corrected chi connectivity index (χ4v) is 2.11. The molecule has 0 unspecified atom stereocenters. The molecule has 0 bridgehead atoms. The van der Waals surface area contributed by atoms with Gasteiger partial charge in [0.15, 0.2) is 0 Å². The molecule has 0 amide bonds. The van der Waals surface area contributed by atoms with Gasteiger partial charge in [-0.15, -0.1) is 0 Å². The zero-order valence-corrected chi connectivity index (χ0v) is 12.4. The highest BCUT2D eigenvalue weighted by Crippen LogP contribution is 2.23. The van der Waals surface area contributed by atoms with E-state index in [1.165, 1.54) is 18.5 Å². The van der Waals surface area contributed by atoms with Crippen molar-refractivity contribution in [2.24, 2.45) is 0 Å². The third-order valence-corrected chi connectivity index (χ3v) is 3.22. The molecule has 0 atom stereocenters. The summed E-state index contributed by atoms with van der Waals surface area (Å²) in [7, 11) is 0. The summed E-state index contributed by atoms with van der Waals surface area (Å²) in [6.07, 6.45) is 1.30. The highest BCUT2D eigenvalue weighted by atomic mass is 19.1. The summed E-state index contributed by atoms with van der Waals surface area (Å²) < 4.78 is 13.7. The molecule has 1 aromatic heterocycles. The van der Waals surface area contributed by atoms with Crippen LogP contribution in [0.25, 0.3) is 0 Å². The molecule has 24 heavy (non-hydrogen) atoms. The average molecular weight is 324 g/mol. The second kappa shape index (κ2) is 6.74. The van der Waals surface area contributed by atoms with Crippen molar-refractivity contribution < 1.29 is 14.3 Å². The molecule has 120 valence electrons. The summed E-state index contributed by atoms with van der Waals surface area (Å²) in [5.74, 6) is -0.679. The molecule has 0 saturated carbocycles. The fourth-order valence-electron chi connectivity index (χ4n) is 2.11. The first kappa shape index (κ1) is 15.4. The minimum Gasteiger partial charge on any atom is -0.478 e. The smallest absolute Gasteiger partial charge is 0.337 e. The van der Waals surface area contributed by atoms with E-state index in [0.717, 1.165) is 0 Å². The molecule has 0 spiro atoms. The minimum absolute atomic E-state index is 0.125. The van der Waals surface area contributed by atoms with Gasteiger partial charge in [0.1, 0.15) is 23.8 Å². The van der Waals surface area contributed by atoms with Gasteiger partial charge in [0.25, 0.3) is 0 Å². The van der Waals surface area contributed by atoms with E-state index >= 15 is 0 Å². The molecule has 0 fully saturated rings. The quantitative estimate of drug-likeness (QED) is 0.662. The van der Waals surface area contributed by atoms with Crippen LogP contribution in [0.2, 0.25) is 0 Å². The van der Waals surface area contributed by atoms with E-state index in [1.54, 1.807) is 42.5 Å². The number of hydrogen-bond donors (Lipinski definition) is 3. The number of carboxylic acids is 1. The first-order valence-electron chi connectivity index (χ1n) is 7.06. The van der Waals surface area contributed by atoms with Crippen molar-refractivity contribution in [1.29, 1.82) is 0 Å². The number of nitrogens with one attached hydrogen (secondary N) is 2. The Balaban J connectivity index is 1.84. The zero-order valence-electron chi connectivity index (χ0n) is 12.4. The average Bonchev–Trinajstić information content (AvgIpc) is 2.58. The number of para-hydroxylation sites is 2. The predicted octanol–water partition coefficient (Wildman–Crippen LogP) is 3.80. The van der Waals surface area contributed by atoms with Gasteiger partial charge in [-0.1, -0.05) is 24.3 Å². The summed E-state index contributed by atoms with van der Waals surface area (Å²) in [6.45, 7) is 0. The molecule has 1 heterocycles. The lowest BCUT2D eigenvalue weighted by Crippen LogP contribution is -2.04. The number of rotatable bonds is 5. The molecule has 0 saturated heterocycles. The van der Waals surface area contributed by atoms with Crippen LogP contribution in [0.15, 0.2) is 60.9 Å². The Hall–Kier alpha value is -3.48. The Labute approximate surface area is 137 Å². The van der Waals surface area contributed by atoms with Crippen molar-refractivity contribution >= 4 is 29.0 Å². The van der Waals surface area contributed by atoms with Crippen LogP contribution in [-0.4, -0.2) is 21.0 Å². The SMILES string of the molecule is O=C(O)c1ccccc1Nc1cc(Nc2ccccc2F)ncn1. The second-order valence-corrected chi connectivity index (χ2v) is 4.87. The van der Waals surface area contributed by atoms with E-state index in [0.29, 0.717) is 17.3 Å². The van der Waals surface area contributed by atoms with Gasteiger partial charge in [-0.25, -0.2) is 19.2 Å². The third kappa shape index (κ3) is 3.46. The Morgan fingerprint density at radius 3 is 2.17 bits per heavy atom. The molecular weight excluding hydrogens is 311 g/mol. The van der Waals surface area contributed by atoms with Crippen molar-refractivity contribution in [3.05, 3.63) is 72.3 Å². The molecule has 3 rings (SSSR count). The fraction of sp³-hybridized carbons (Fsp3) is 0. The molecule has 3 aromatic rings. The van der Waals surface area contributed by atoms with Crippen molar-refractivity contribution in [3.63, 3.8) is 0 Å². The summed E-state index contributed by atoms with van der Waals surface area (Å²) in [4.78, 5) is 19.3. The van der Waals surface area contributed by atoms with Gasteiger partial charge in [-0.05, 0) is 24.3 Å². The number of carboxylic acid groups (broad SMARTS) is 1. The molecule has 0 aliphatic carbocycles. The molecule has 2 aromatic carbocycles. The molecular formula is C17H13FN4O2. The van der Waals surface area contributed by atoms with Crippen LogP contribution in [-0.2, 0) is 0 Å². The largest absolute Gasteiger partial charge is 0.478 e. The van der Waals surface area contributed by atoms with Gasteiger partial charge in [0.2, 0.25) is 0 Å². The highest BCUT2D eigenvalue weighted by Gasteiger charge is 2.10. The van der Waals surface area contributed by atoms with Gasteiger partial charge >= 0.3 is 5.97 Å². The lowest BCUT2D eigenvalue weighted by Gasteiger charge is -2.10. The highest BCUT2D eigenvalue weighted by molar-refractivity contribution is 5.95. The van der Waals surface area contributed by atoms with E-state index in [4.69, 9.17) is 0 Å². The maximum Gasteiger partial charge on any atom is 0.337 e. The summed E-state index contributed by atoms with van der Waals surface area (Å²) in [5, 5.41) is 15.0. The number of anilines is 4. The van der Waals surface area contributed by atoms with Crippen LogP contribution in [0.1, 0.15) is 10.4 Å². The molecule has 0 aliphatic rings. The van der Waals surface area contributed by atoms with Crippen LogP contribution in [0.3, 0.4) is 0 Å². The number of aromatic carboxylic acids is 1. The predicted molar refractivity (Wildman–Crippen MR) is 88.4 cm³/mol. The van der Waals surface area contributed by atoms with Gasteiger partial charge in [-0.3, -0.25) is 0 Å². The summed E-state index contributed by atoms with van der Waals surface area (Å²) in [6, 6.07) is 14.3. The number of aromatic nitrogens is 2. The Kier molecular flexibility index (Phi) is 4.33. The van der Waals surface area contributed by atoms with Crippen LogP contribution in [0.5, 0.6) is 0 Å². The van der Waals surface area contributed by atoms with E-state index in [-0.39, 0.29) is 11.3 Å². The summed E-state index contributed by atoms with van der Waals surface area (Å²) in [5.41, 5.74) is 0.813. The first-order chi connectivity index (χ1) is 11.6. The van der Waals surface area contributed by atoms with Gasteiger partial charge in [-0.2, -0.15) is 0 Å². The second-order valence-electron chi connectivity index (χ2n) is 4.87. The molecule has 0 radical (unpaired) electrons. The molecule has 6 nitrogen and oxygen atoms in total. The number of benzene rings is 2. The first-order valence-corrected chi connectivity index (χ1v) is 7.06. The van der Waals surface area contributed by atoms with Crippen molar-refractivity contribution in [3.8, 4) is 0 Å². The van der Waals surface area contributed by atoms with E-state index in [9.17, 15) is 14.3 Å². The Bertz CT molecular complexity index is 886. The van der Waals surface area contributed by atoms with E-state index in [1.807, 2.05) is 0 Å². The Morgan fingerprint density at radius 2 is 1.50 bits per heavy atom. The molecule has 0 aliphatic heterocycles. The number of carbonyl (C=O) groups is 1. The van der Waals surface area contributed by atoms with Crippen LogP contribution in [0.4, 0.5) is 27.4 Å². The standard InChI is InChI=1S/C17H13FN4O2/c18-12-6-2-4-8-14(12)22-16-9-15(19-10-20-16)21-13-7-3-1-5-11(13)17(23)24/h1-10H,(H,23,24)(H2,19,20,21,22). The molecule has 3 N–H and O–H groups in total. The van der Waals surface area contributed by atoms with Gasteiger partial charge in [0, 0.05) is 6.07 Å². The normalized spacial score (nSPS) is 10.2. The maximum absolute atomic E-state index is 13.7. The number of hydrogen-bond acceptors (Lipinski definition) is 5. The number of nitrogens with zero attached hydrogens (tertiary/aromatic N) is 2. The van der Waals surface area contributed by atoms with Crippen LogP contribution in [0, 0.1) is 5.82 Å². The monoisotopic (exact) mass is 324 g/mol. The van der Waals surface area contributed by atoms with E-state index in [2.05, 4.69) is 20.6 Å². The van der Waals surface area contributed by atoms with Crippen molar-refractivity contribution in [2.75, 3.05) is 10.6 Å². The number of halogens is 1. The van der Waals surface area contributed by atoms with Crippen molar-refractivity contribution in [2.45, 2.75) is 0 Å². The van der Waals surface area contributed by atoms with Crippen molar-refractivity contribution in [1.82, 2.24) is 9.97 Å². The third-order valence-electron chi connectivity index (χ3n) is 3.22. The summed E-state index contributed by atoms with van der Waals surface area (Å²) >= 11 is 0. The Morgan fingerprint density at radius 1 is 0.917 bits per heavy atom. The van der Waals surface area contributed by atoms with Crippen LogP contribution < -0.4 is 10.6 Å². The van der Waals surface area contributed by atoms with Crippen LogP contribution >= 0.6 is 0 Å². The molecule has 7 heteroatoms. The maximum atomic E-state index is 13.7. The minimum atomic E-state index is -1.04. The van der Waals surface area contributed by atoms with E-state index < -0.39 is 11.8 Å². The van der Waals surface area contributed by atoms with Gasteiger partial charge < -0.3 is 15.7 Å². The zero-order chi connectivity index (χ0) is 16.9.